The second-order valence-corrected chi connectivity index (χ2v) is 10.6. The van der Waals surface area contributed by atoms with Crippen molar-refractivity contribution in [3.05, 3.63) is 11.1 Å². The van der Waals surface area contributed by atoms with Crippen LogP contribution in [0.5, 0.6) is 0 Å². The van der Waals surface area contributed by atoms with Crippen molar-refractivity contribution in [3.63, 3.8) is 0 Å². The molecule has 4 heterocycles. The molecule has 0 amide bonds. The van der Waals surface area contributed by atoms with Crippen molar-refractivity contribution in [2.75, 3.05) is 0 Å². The van der Waals surface area contributed by atoms with E-state index in [1.807, 2.05) is 20.8 Å². The third-order valence-corrected chi connectivity index (χ3v) is 8.56. The molecule has 9 nitrogen and oxygen atoms in total. The van der Waals surface area contributed by atoms with Crippen LogP contribution >= 0.6 is 0 Å². The summed E-state index contributed by atoms with van der Waals surface area (Å²) in [6, 6.07) is 0. The fourth-order valence-electron chi connectivity index (χ4n) is 7.89. The number of esters is 4. The highest BCUT2D eigenvalue weighted by Gasteiger charge is 2.97. The first kappa shape index (κ1) is 19.3. The second kappa shape index (κ2) is 5.14. The van der Waals surface area contributed by atoms with Crippen molar-refractivity contribution in [2.24, 2.45) is 22.2 Å². The minimum absolute atomic E-state index is 0.226. The van der Waals surface area contributed by atoms with Crippen LogP contribution in [0.3, 0.4) is 0 Å². The Bertz CT molecular complexity index is 1020. The van der Waals surface area contributed by atoms with Gasteiger partial charge in [-0.3, -0.25) is 4.79 Å². The largest absolute Gasteiger partial charge is 0.459 e. The van der Waals surface area contributed by atoms with Gasteiger partial charge in [-0.05, 0) is 24.7 Å². The Morgan fingerprint density at radius 3 is 2.48 bits per heavy atom. The zero-order chi connectivity index (χ0) is 22.3. The van der Waals surface area contributed by atoms with E-state index in [1.54, 1.807) is 6.92 Å². The number of carbonyl (C=O) groups excluding carboxylic acids is 4. The Hall–Kier alpha value is -2.42. The molecule has 2 aliphatic carbocycles. The lowest BCUT2D eigenvalue weighted by molar-refractivity contribution is -0.192. The van der Waals surface area contributed by atoms with Crippen LogP contribution in [-0.4, -0.2) is 54.1 Å². The maximum atomic E-state index is 13.4. The van der Waals surface area contributed by atoms with Crippen LogP contribution in [0.2, 0.25) is 0 Å². The summed E-state index contributed by atoms with van der Waals surface area (Å²) in [5, 5.41) is 0. The fourth-order valence-corrected chi connectivity index (χ4v) is 7.89. The molecule has 31 heavy (non-hydrogen) atoms. The standard InChI is InChI=1S/C22H24O9/c1-8-13-10(28-15(8)24)7-20-12-6-11(19(3,4)5)21(20)14(27-9(2)23)16(25)30-18(21)31-22(13,20)17(26)29-12/h10-12,14,18H,6-7H2,1-5H3/t10-,11-,12+,14-,18-,20+,21-,22+/m0/s1. The van der Waals surface area contributed by atoms with Gasteiger partial charge in [0.25, 0.3) is 0 Å². The fraction of sp³-hybridized carbons (Fsp3) is 0.727. The van der Waals surface area contributed by atoms with Gasteiger partial charge in [0.05, 0.1) is 10.8 Å². The molecule has 4 aliphatic heterocycles. The smallest absolute Gasteiger partial charge is 0.350 e. The maximum absolute atomic E-state index is 13.4. The molecule has 0 radical (unpaired) electrons. The van der Waals surface area contributed by atoms with E-state index in [4.69, 9.17) is 23.7 Å². The average molecular weight is 432 g/mol. The van der Waals surface area contributed by atoms with Gasteiger partial charge in [-0.15, -0.1) is 0 Å². The van der Waals surface area contributed by atoms with E-state index >= 15 is 0 Å². The number of rotatable bonds is 1. The van der Waals surface area contributed by atoms with Crippen LogP contribution in [0, 0.1) is 22.2 Å². The van der Waals surface area contributed by atoms with E-state index in [1.165, 1.54) is 6.92 Å². The summed E-state index contributed by atoms with van der Waals surface area (Å²) >= 11 is 0. The van der Waals surface area contributed by atoms with Crippen molar-refractivity contribution in [1.29, 1.82) is 0 Å². The maximum Gasteiger partial charge on any atom is 0.350 e. The molecule has 0 bridgehead atoms. The molecule has 9 heteroatoms. The molecule has 0 aromatic heterocycles. The first-order valence-corrected chi connectivity index (χ1v) is 10.6. The lowest BCUT2D eigenvalue weighted by atomic mass is 9.52. The number of fused-ring (bicyclic) bond motifs is 1. The highest BCUT2D eigenvalue weighted by molar-refractivity contribution is 6.00. The van der Waals surface area contributed by atoms with E-state index in [-0.39, 0.29) is 17.8 Å². The average Bonchev–Trinajstić information content (AvgIpc) is 3.36. The summed E-state index contributed by atoms with van der Waals surface area (Å²) in [6.07, 6.45) is -2.84. The summed E-state index contributed by atoms with van der Waals surface area (Å²) < 4.78 is 29.2. The predicted octanol–water partition coefficient (Wildman–Crippen LogP) is 1.18. The van der Waals surface area contributed by atoms with Gasteiger partial charge < -0.3 is 23.7 Å². The van der Waals surface area contributed by atoms with E-state index in [0.717, 1.165) is 0 Å². The van der Waals surface area contributed by atoms with Crippen LogP contribution in [-0.2, 0) is 42.9 Å². The molecule has 166 valence electrons. The minimum atomic E-state index is -1.59. The Balaban J connectivity index is 1.68. The summed E-state index contributed by atoms with van der Waals surface area (Å²) in [6.45, 7) is 8.97. The molecule has 0 N–H and O–H groups in total. The van der Waals surface area contributed by atoms with E-state index < -0.39 is 64.9 Å². The number of ether oxygens (including phenoxy) is 5. The number of hydrogen-bond acceptors (Lipinski definition) is 9. The quantitative estimate of drug-likeness (QED) is 0.445. The van der Waals surface area contributed by atoms with Crippen LogP contribution in [0.15, 0.2) is 11.1 Å². The van der Waals surface area contributed by atoms with Gasteiger partial charge in [0.2, 0.25) is 18.0 Å². The summed E-state index contributed by atoms with van der Waals surface area (Å²) in [5.74, 6) is -2.61. The van der Waals surface area contributed by atoms with Gasteiger partial charge in [-0.25, -0.2) is 14.4 Å². The molecule has 0 aromatic carbocycles. The van der Waals surface area contributed by atoms with Gasteiger partial charge in [0.15, 0.2) is 0 Å². The Morgan fingerprint density at radius 2 is 1.84 bits per heavy atom. The van der Waals surface area contributed by atoms with Crippen LogP contribution < -0.4 is 0 Å². The van der Waals surface area contributed by atoms with E-state index in [0.29, 0.717) is 17.6 Å². The third kappa shape index (κ3) is 1.68. The van der Waals surface area contributed by atoms with Gasteiger partial charge >= 0.3 is 23.9 Å². The van der Waals surface area contributed by atoms with Crippen molar-refractivity contribution in [1.82, 2.24) is 0 Å². The van der Waals surface area contributed by atoms with E-state index in [2.05, 4.69) is 0 Å². The van der Waals surface area contributed by atoms with Crippen molar-refractivity contribution in [2.45, 2.75) is 77.7 Å². The highest BCUT2D eigenvalue weighted by atomic mass is 16.8. The number of carbonyl (C=O) groups is 4. The van der Waals surface area contributed by atoms with Crippen molar-refractivity contribution in [3.8, 4) is 0 Å². The zero-order valence-corrected chi connectivity index (χ0v) is 18.0. The van der Waals surface area contributed by atoms with Gasteiger partial charge in [0.1, 0.15) is 12.2 Å². The summed E-state index contributed by atoms with van der Waals surface area (Å²) in [4.78, 5) is 50.8. The molecule has 0 aromatic rings. The lowest BCUT2D eigenvalue weighted by Gasteiger charge is -2.46. The summed E-state index contributed by atoms with van der Waals surface area (Å²) in [7, 11) is 0. The van der Waals surface area contributed by atoms with Gasteiger partial charge in [-0.2, -0.15) is 0 Å². The first-order valence-electron chi connectivity index (χ1n) is 10.6. The zero-order valence-electron chi connectivity index (χ0n) is 18.0. The first-order chi connectivity index (χ1) is 14.4. The molecule has 6 aliphatic rings. The predicted molar refractivity (Wildman–Crippen MR) is 98.8 cm³/mol. The third-order valence-electron chi connectivity index (χ3n) is 8.56. The molecular formula is C22H24O9. The molecular weight excluding hydrogens is 408 g/mol. The minimum Gasteiger partial charge on any atom is -0.459 e. The Morgan fingerprint density at radius 1 is 1.13 bits per heavy atom. The lowest BCUT2D eigenvalue weighted by Crippen LogP contribution is -2.58. The molecule has 8 atom stereocenters. The molecule has 2 spiro atoms. The SMILES string of the molecule is CC(=O)O[C@H]1C(=O)O[C@H]2O[C@]34C(=O)O[C@@H]5C[C@@H](C(C)(C)C)[C@@]21[C@@]53C[C@@H]1OC(=O)C(C)=C14. The van der Waals surface area contributed by atoms with Crippen LogP contribution in [0.4, 0.5) is 0 Å². The molecule has 5 fully saturated rings. The van der Waals surface area contributed by atoms with Crippen molar-refractivity contribution >= 4 is 23.9 Å². The Kier molecular flexibility index (Phi) is 3.20. The molecule has 6 rings (SSSR count). The van der Waals surface area contributed by atoms with E-state index in [9.17, 15) is 19.2 Å². The Labute approximate surface area is 178 Å². The van der Waals surface area contributed by atoms with Gasteiger partial charge in [-0.1, -0.05) is 20.8 Å². The van der Waals surface area contributed by atoms with Crippen LogP contribution in [0.25, 0.3) is 0 Å². The molecule has 3 saturated heterocycles. The molecule has 2 saturated carbocycles. The molecule has 0 unspecified atom stereocenters. The number of hydrogen-bond donors (Lipinski definition) is 0. The highest BCUT2D eigenvalue weighted by Crippen LogP contribution is 2.83. The topological polar surface area (TPSA) is 114 Å². The van der Waals surface area contributed by atoms with Gasteiger partial charge in [0, 0.05) is 24.5 Å². The van der Waals surface area contributed by atoms with Crippen LogP contribution in [0.1, 0.15) is 47.5 Å². The summed E-state index contributed by atoms with van der Waals surface area (Å²) in [5.41, 5.74) is -3.35. The second-order valence-electron chi connectivity index (χ2n) is 10.6. The van der Waals surface area contributed by atoms with Crippen molar-refractivity contribution < 1.29 is 42.9 Å². The normalized spacial score (nSPS) is 48.8. The monoisotopic (exact) mass is 432 g/mol.